The minimum absolute atomic E-state index is 0.151. The Bertz CT molecular complexity index is 708. The molecule has 0 saturated carbocycles. The second-order valence-electron chi connectivity index (χ2n) is 5.60. The topological polar surface area (TPSA) is 63.0 Å². The van der Waals surface area contributed by atoms with Gasteiger partial charge in [-0.15, -0.1) is 0 Å². The van der Waals surface area contributed by atoms with Gasteiger partial charge in [0.1, 0.15) is 12.4 Å². The van der Waals surface area contributed by atoms with Gasteiger partial charge in [-0.3, -0.25) is 9.69 Å². The lowest BCUT2D eigenvalue weighted by Crippen LogP contribution is -2.27. The van der Waals surface area contributed by atoms with Gasteiger partial charge < -0.3 is 14.1 Å². The summed E-state index contributed by atoms with van der Waals surface area (Å²) in [5.74, 6) is 0.601. The second-order valence-corrected chi connectivity index (χ2v) is 5.60. The summed E-state index contributed by atoms with van der Waals surface area (Å²) in [4.78, 5) is 26.9. The van der Waals surface area contributed by atoms with Crippen LogP contribution < -0.4 is 0 Å². The van der Waals surface area contributed by atoms with Gasteiger partial charge in [-0.25, -0.2) is 4.79 Å². The fraction of sp³-hybridized carbons (Fsp3) is 0.294. The molecule has 1 aromatic heterocycles. The normalized spacial score (nSPS) is 17.2. The van der Waals surface area contributed by atoms with Crippen LogP contribution >= 0.6 is 0 Å². The number of hydrogen-bond donors (Lipinski definition) is 0. The first kappa shape index (κ1) is 15.1. The zero-order valence-corrected chi connectivity index (χ0v) is 13.1. The molecule has 2 amide bonds. The summed E-state index contributed by atoms with van der Waals surface area (Å²) in [6.07, 6.45) is -0.379. The summed E-state index contributed by atoms with van der Waals surface area (Å²) >= 11 is 0. The van der Waals surface area contributed by atoms with Gasteiger partial charge in [-0.05, 0) is 17.7 Å². The SMILES string of the molecule is CN(C)C(=O)c1ccc(CN2C(=O)OCC2c2ccccc2)o1. The average Bonchev–Trinajstić information content (AvgIpc) is 3.16. The van der Waals surface area contributed by atoms with Crippen molar-refractivity contribution >= 4 is 12.0 Å². The molecule has 120 valence electrons. The van der Waals surface area contributed by atoms with Gasteiger partial charge >= 0.3 is 6.09 Å². The molecule has 1 atom stereocenters. The summed E-state index contributed by atoms with van der Waals surface area (Å²) in [5, 5.41) is 0. The van der Waals surface area contributed by atoms with E-state index in [0.717, 1.165) is 5.56 Å². The number of carbonyl (C=O) groups is 2. The maximum atomic E-state index is 12.0. The highest BCUT2D eigenvalue weighted by molar-refractivity contribution is 5.91. The fourth-order valence-electron chi connectivity index (χ4n) is 2.54. The first-order chi connectivity index (χ1) is 11.1. The second kappa shape index (κ2) is 6.16. The number of furan rings is 1. The molecule has 2 aromatic rings. The van der Waals surface area contributed by atoms with Gasteiger partial charge in [0.2, 0.25) is 0 Å². The van der Waals surface area contributed by atoms with E-state index in [4.69, 9.17) is 9.15 Å². The van der Waals surface area contributed by atoms with E-state index >= 15 is 0 Å². The minimum atomic E-state index is -0.379. The summed E-state index contributed by atoms with van der Waals surface area (Å²) in [5.41, 5.74) is 1.01. The van der Waals surface area contributed by atoms with Gasteiger partial charge in [0.25, 0.3) is 5.91 Å². The van der Waals surface area contributed by atoms with E-state index in [1.54, 1.807) is 31.1 Å². The standard InChI is InChI=1S/C17H18N2O4/c1-18(2)16(20)15-9-8-13(23-15)10-19-14(11-22-17(19)21)12-6-4-3-5-7-12/h3-9,14H,10-11H2,1-2H3. The molecule has 1 saturated heterocycles. The van der Waals surface area contributed by atoms with Crippen molar-refractivity contribution in [2.45, 2.75) is 12.6 Å². The number of benzene rings is 1. The third-order valence-electron chi connectivity index (χ3n) is 3.76. The maximum absolute atomic E-state index is 12.0. The molecule has 0 aliphatic carbocycles. The lowest BCUT2D eigenvalue weighted by Gasteiger charge is -2.20. The summed E-state index contributed by atoms with van der Waals surface area (Å²) in [6, 6.07) is 12.9. The monoisotopic (exact) mass is 314 g/mol. The van der Waals surface area contributed by atoms with E-state index in [0.29, 0.717) is 12.4 Å². The predicted octanol–water partition coefficient (Wildman–Crippen LogP) is 2.67. The fourth-order valence-corrected chi connectivity index (χ4v) is 2.54. The lowest BCUT2D eigenvalue weighted by atomic mass is 10.1. The van der Waals surface area contributed by atoms with Crippen LogP contribution in [-0.2, 0) is 11.3 Å². The van der Waals surface area contributed by atoms with Crippen LogP contribution in [0.1, 0.15) is 27.9 Å². The van der Waals surface area contributed by atoms with Gasteiger partial charge in [0.15, 0.2) is 5.76 Å². The number of nitrogens with zero attached hydrogens (tertiary/aromatic N) is 2. The van der Waals surface area contributed by atoms with Crippen LogP contribution in [0.15, 0.2) is 46.9 Å². The minimum Gasteiger partial charge on any atom is -0.454 e. The van der Waals surface area contributed by atoms with Crippen LogP contribution in [0, 0.1) is 0 Å². The number of cyclic esters (lactones) is 1. The average molecular weight is 314 g/mol. The van der Waals surface area contributed by atoms with Crippen LogP contribution in [0.2, 0.25) is 0 Å². The van der Waals surface area contributed by atoms with E-state index in [-0.39, 0.29) is 30.3 Å². The van der Waals surface area contributed by atoms with Crippen molar-refractivity contribution in [3.05, 3.63) is 59.5 Å². The van der Waals surface area contributed by atoms with Gasteiger partial charge in [-0.2, -0.15) is 0 Å². The number of amides is 2. The Morgan fingerprint density at radius 2 is 1.96 bits per heavy atom. The highest BCUT2D eigenvalue weighted by atomic mass is 16.6. The van der Waals surface area contributed by atoms with E-state index in [9.17, 15) is 9.59 Å². The third kappa shape index (κ3) is 3.06. The van der Waals surface area contributed by atoms with E-state index in [1.807, 2.05) is 30.3 Å². The van der Waals surface area contributed by atoms with E-state index in [2.05, 4.69) is 0 Å². The number of hydrogen-bond acceptors (Lipinski definition) is 4. The van der Waals surface area contributed by atoms with Crippen LogP contribution in [0.5, 0.6) is 0 Å². The lowest BCUT2D eigenvalue weighted by molar-refractivity contribution is 0.0793. The molecule has 1 unspecified atom stereocenters. The van der Waals surface area contributed by atoms with Gasteiger partial charge in [0.05, 0.1) is 12.6 Å². The first-order valence-electron chi connectivity index (χ1n) is 7.35. The molecule has 2 heterocycles. The van der Waals surface area contributed by atoms with E-state index in [1.165, 1.54) is 4.90 Å². The van der Waals surface area contributed by atoms with Crippen molar-refractivity contribution in [2.75, 3.05) is 20.7 Å². The highest BCUT2D eigenvalue weighted by Crippen LogP contribution is 2.29. The first-order valence-corrected chi connectivity index (χ1v) is 7.35. The molecular weight excluding hydrogens is 296 g/mol. The number of ether oxygens (including phenoxy) is 1. The molecular formula is C17H18N2O4. The van der Waals surface area contributed by atoms with Gasteiger partial charge in [-0.1, -0.05) is 30.3 Å². The molecule has 6 heteroatoms. The molecule has 6 nitrogen and oxygen atoms in total. The van der Waals surface area contributed by atoms with Crippen LogP contribution in [0.25, 0.3) is 0 Å². The van der Waals surface area contributed by atoms with Crippen molar-refractivity contribution in [3.8, 4) is 0 Å². The number of carbonyl (C=O) groups excluding carboxylic acids is 2. The zero-order chi connectivity index (χ0) is 16.4. The molecule has 1 aromatic carbocycles. The van der Waals surface area contributed by atoms with Crippen LogP contribution in [0.4, 0.5) is 4.79 Å². The van der Waals surface area contributed by atoms with Crippen molar-refractivity contribution in [1.82, 2.24) is 9.80 Å². The molecule has 1 fully saturated rings. The van der Waals surface area contributed by atoms with Crippen molar-refractivity contribution < 1.29 is 18.7 Å². The smallest absolute Gasteiger partial charge is 0.410 e. The predicted molar refractivity (Wildman–Crippen MR) is 82.8 cm³/mol. The van der Waals surface area contributed by atoms with Crippen molar-refractivity contribution in [3.63, 3.8) is 0 Å². The van der Waals surface area contributed by atoms with Crippen molar-refractivity contribution in [2.24, 2.45) is 0 Å². The number of rotatable bonds is 4. The maximum Gasteiger partial charge on any atom is 0.410 e. The summed E-state index contributed by atoms with van der Waals surface area (Å²) in [7, 11) is 3.32. The third-order valence-corrected chi connectivity index (χ3v) is 3.76. The Balaban J connectivity index is 1.78. The summed E-state index contributed by atoms with van der Waals surface area (Å²) in [6.45, 7) is 0.576. The van der Waals surface area contributed by atoms with Crippen molar-refractivity contribution in [1.29, 1.82) is 0 Å². The Hall–Kier alpha value is -2.76. The Morgan fingerprint density at radius 3 is 2.65 bits per heavy atom. The van der Waals surface area contributed by atoms with E-state index < -0.39 is 0 Å². The zero-order valence-electron chi connectivity index (χ0n) is 13.1. The molecule has 0 N–H and O–H groups in total. The highest BCUT2D eigenvalue weighted by Gasteiger charge is 2.34. The largest absolute Gasteiger partial charge is 0.454 e. The van der Waals surface area contributed by atoms with Gasteiger partial charge in [0, 0.05) is 14.1 Å². The molecule has 3 rings (SSSR count). The quantitative estimate of drug-likeness (QED) is 0.870. The molecule has 0 bridgehead atoms. The Kier molecular flexibility index (Phi) is 4.06. The summed E-state index contributed by atoms with van der Waals surface area (Å²) < 4.78 is 10.7. The Morgan fingerprint density at radius 1 is 1.22 bits per heavy atom. The molecule has 1 aliphatic heterocycles. The van der Waals surface area contributed by atoms with Crippen LogP contribution in [-0.4, -0.2) is 42.5 Å². The Labute approximate surface area is 134 Å². The van der Waals surface area contributed by atoms with Crippen LogP contribution in [0.3, 0.4) is 0 Å². The molecule has 0 spiro atoms. The molecule has 23 heavy (non-hydrogen) atoms. The molecule has 0 radical (unpaired) electrons. The molecule has 1 aliphatic rings.